The van der Waals surface area contributed by atoms with Crippen molar-refractivity contribution in [3.8, 4) is 11.4 Å². The van der Waals surface area contributed by atoms with Crippen LogP contribution in [0, 0.1) is 0 Å². The van der Waals surface area contributed by atoms with Crippen LogP contribution in [0.2, 0.25) is 15.1 Å². The van der Waals surface area contributed by atoms with Gasteiger partial charge in [0.05, 0.1) is 10.0 Å². The van der Waals surface area contributed by atoms with Crippen LogP contribution in [0.4, 0.5) is 0 Å². The van der Waals surface area contributed by atoms with Crippen LogP contribution in [0.1, 0.15) is 35.1 Å². The Morgan fingerprint density at radius 3 is 2.74 bits per heavy atom. The number of amides is 1. The van der Waals surface area contributed by atoms with Crippen LogP contribution in [-0.4, -0.2) is 27.5 Å². The number of rotatable bonds is 3. The van der Waals surface area contributed by atoms with Crippen molar-refractivity contribution in [3.05, 3.63) is 69.0 Å². The minimum atomic E-state index is -0.271. The Hall–Kier alpha value is -2.08. The fourth-order valence-corrected chi connectivity index (χ4v) is 3.67. The van der Waals surface area contributed by atoms with E-state index >= 15 is 0 Å². The summed E-state index contributed by atoms with van der Waals surface area (Å²) in [7, 11) is 0. The highest BCUT2D eigenvalue weighted by atomic mass is 35.5. The smallest absolute Gasteiger partial charge is 0.254 e. The normalized spacial score (nSPS) is 16.7. The summed E-state index contributed by atoms with van der Waals surface area (Å²) in [5, 5.41) is 5.39. The Morgan fingerprint density at radius 2 is 1.96 bits per heavy atom. The van der Waals surface area contributed by atoms with Gasteiger partial charge in [-0.3, -0.25) is 4.79 Å². The molecule has 1 aliphatic heterocycles. The summed E-state index contributed by atoms with van der Waals surface area (Å²) in [5.74, 6) is 0.718. The van der Waals surface area contributed by atoms with Crippen molar-refractivity contribution >= 4 is 40.7 Å². The second-order valence-electron chi connectivity index (χ2n) is 6.25. The molecule has 1 unspecified atom stereocenters. The molecule has 138 valence electrons. The minimum absolute atomic E-state index is 0.140. The van der Waals surface area contributed by atoms with E-state index in [2.05, 4.69) is 10.1 Å². The zero-order valence-electron chi connectivity index (χ0n) is 14.0. The molecule has 0 bridgehead atoms. The maximum atomic E-state index is 12.9. The summed E-state index contributed by atoms with van der Waals surface area (Å²) in [6.45, 7) is 0.610. The van der Waals surface area contributed by atoms with Gasteiger partial charge in [0.25, 0.3) is 5.91 Å². The molecule has 8 heteroatoms. The summed E-state index contributed by atoms with van der Waals surface area (Å²) in [5.41, 5.74) is 1.24. The molecule has 5 nitrogen and oxygen atoms in total. The molecule has 2 heterocycles. The van der Waals surface area contributed by atoms with Crippen molar-refractivity contribution in [2.75, 3.05) is 6.54 Å². The highest BCUT2D eigenvalue weighted by molar-refractivity contribution is 6.42. The van der Waals surface area contributed by atoms with E-state index in [1.165, 1.54) is 0 Å². The second-order valence-corrected chi connectivity index (χ2v) is 7.50. The summed E-state index contributed by atoms with van der Waals surface area (Å²) in [6, 6.07) is 11.8. The fourth-order valence-electron chi connectivity index (χ4n) is 3.18. The molecule has 0 spiro atoms. The molecule has 3 aromatic rings. The van der Waals surface area contributed by atoms with Gasteiger partial charge in [-0.1, -0.05) is 52.1 Å². The molecule has 1 fully saturated rings. The SMILES string of the molecule is O=C(c1ccc(Cl)c(Cl)c1)N1CCCC1c1nc(-c2cccc(Cl)c2)no1. The highest BCUT2D eigenvalue weighted by Crippen LogP contribution is 2.34. The topological polar surface area (TPSA) is 59.2 Å². The van der Waals surface area contributed by atoms with E-state index in [1.54, 1.807) is 35.2 Å². The van der Waals surface area contributed by atoms with Crippen molar-refractivity contribution in [1.29, 1.82) is 0 Å². The van der Waals surface area contributed by atoms with E-state index in [1.807, 2.05) is 12.1 Å². The Bertz CT molecular complexity index is 1010. The third kappa shape index (κ3) is 3.68. The zero-order valence-corrected chi connectivity index (χ0v) is 16.3. The van der Waals surface area contributed by atoms with Gasteiger partial charge >= 0.3 is 0 Å². The number of likely N-dealkylation sites (tertiary alicyclic amines) is 1. The molecule has 0 radical (unpaired) electrons. The first-order valence-electron chi connectivity index (χ1n) is 8.38. The first-order chi connectivity index (χ1) is 13.0. The lowest BCUT2D eigenvalue weighted by Crippen LogP contribution is -2.30. The Labute approximate surface area is 170 Å². The lowest BCUT2D eigenvalue weighted by molar-refractivity contribution is 0.0710. The Morgan fingerprint density at radius 1 is 1.11 bits per heavy atom. The van der Waals surface area contributed by atoms with Crippen LogP contribution in [0.5, 0.6) is 0 Å². The quantitative estimate of drug-likeness (QED) is 0.545. The number of hydrogen-bond acceptors (Lipinski definition) is 4. The first-order valence-corrected chi connectivity index (χ1v) is 9.52. The lowest BCUT2D eigenvalue weighted by atomic mass is 10.1. The molecule has 27 heavy (non-hydrogen) atoms. The molecule has 4 rings (SSSR count). The van der Waals surface area contributed by atoms with Crippen LogP contribution in [-0.2, 0) is 0 Å². The number of carbonyl (C=O) groups excluding carboxylic acids is 1. The maximum Gasteiger partial charge on any atom is 0.254 e. The van der Waals surface area contributed by atoms with Crippen LogP contribution in [0.25, 0.3) is 11.4 Å². The van der Waals surface area contributed by atoms with E-state index in [-0.39, 0.29) is 11.9 Å². The molecule has 0 N–H and O–H groups in total. The van der Waals surface area contributed by atoms with Crippen molar-refractivity contribution in [2.24, 2.45) is 0 Å². The van der Waals surface area contributed by atoms with Gasteiger partial charge < -0.3 is 9.42 Å². The van der Waals surface area contributed by atoms with Crippen molar-refractivity contribution in [2.45, 2.75) is 18.9 Å². The summed E-state index contributed by atoms with van der Waals surface area (Å²) < 4.78 is 5.46. The van der Waals surface area contributed by atoms with Crippen LogP contribution in [0.15, 0.2) is 47.0 Å². The summed E-state index contributed by atoms with van der Waals surface area (Å²) in [4.78, 5) is 19.1. The highest BCUT2D eigenvalue weighted by Gasteiger charge is 2.34. The van der Waals surface area contributed by atoms with Gasteiger partial charge in [0, 0.05) is 22.7 Å². The number of hydrogen-bond donors (Lipinski definition) is 0. The molecular formula is C19H14Cl3N3O2. The second kappa shape index (κ2) is 7.50. The predicted octanol–water partition coefficient (Wildman–Crippen LogP) is 5.67. The number of carbonyl (C=O) groups is 1. The third-order valence-electron chi connectivity index (χ3n) is 4.49. The Balaban J connectivity index is 1.60. The number of nitrogens with zero attached hydrogens (tertiary/aromatic N) is 3. The van der Waals surface area contributed by atoms with E-state index in [0.717, 1.165) is 18.4 Å². The van der Waals surface area contributed by atoms with Gasteiger partial charge in [0.1, 0.15) is 6.04 Å². The molecule has 1 amide bonds. The van der Waals surface area contributed by atoms with Gasteiger partial charge in [-0.15, -0.1) is 0 Å². The molecule has 1 saturated heterocycles. The minimum Gasteiger partial charge on any atom is -0.337 e. The van der Waals surface area contributed by atoms with Crippen molar-refractivity contribution < 1.29 is 9.32 Å². The van der Waals surface area contributed by atoms with Crippen molar-refractivity contribution in [1.82, 2.24) is 15.0 Å². The molecule has 1 atom stereocenters. The molecule has 0 aliphatic carbocycles. The largest absolute Gasteiger partial charge is 0.337 e. The monoisotopic (exact) mass is 421 g/mol. The summed E-state index contributed by atoms with van der Waals surface area (Å²) in [6.07, 6.45) is 1.61. The summed E-state index contributed by atoms with van der Waals surface area (Å²) >= 11 is 18.0. The lowest BCUT2D eigenvalue weighted by Gasteiger charge is -2.22. The average molecular weight is 423 g/mol. The van der Waals surface area contributed by atoms with E-state index in [0.29, 0.717) is 38.9 Å². The zero-order chi connectivity index (χ0) is 19.0. The van der Waals surface area contributed by atoms with E-state index in [4.69, 9.17) is 39.3 Å². The molecule has 2 aromatic carbocycles. The van der Waals surface area contributed by atoms with Crippen molar-refractivity contribution in [3.63, 3.8) is 0 Å². The van der Waals surface area contributed by atoms with Crippen LogP contribution >= 0.6 is 34.8 Å². The maximum absolute atomic E-state index is 12.9. The molecular weight excluding hydrogens is 409 g/mol. The fraction of sp³-hybridized carbons (Fsp3) is 0.211. The van der Waals surface area contributed by atoms with Gasteiger partial charge in [0.15, 0.2) is 0 Å². The number of aromatic nitrogens is 2. The molecule has 1 aliphatic rings. The Kier molecular flexibility index (Phi) is 5.08. The predicted molar refractivity (Wildman–Crippen MR) is 104 cm³/mol. The molecule has 1 aromatic heterocycles. The van der Waals surface area contributed by atoms with Gasteiger partial charge in [-0.05, 0) is 43.2 Å². The van der Waals surface area contributed by atoms with E-state index in [9.17, 15) is 4.79 Å². The first kappa shape index (κ1) is 18.3. The van der Waals surface area contributed by atoms with Crippen LogP contribution in [0.3, 0.4) is 0 Å². The average Bonchev–Trinajstić information content (AvgIpc) is 3.32. The van der Waals surface area contributed by atoms with Gasteiger partial charge in [-0.2, -0.15) is 4.98 Å². The number of halogens is 3. The standard InChI is InChI=1S/C19H14Cl3N3O2/c20-13-4-1-3-11(9-13)17-23-18(27-24-17)16-5-2-8-25(16)19(26)12-6-7-14(21)15(22)10-12/h1,3-4,6-7,9-10,16H,2,5,8H2. The van der Waals surface area contributed by atoms with Gasteiger partial charge in [-0.25, -0.2) is 0 Å². The third-order valence-corrected chi connectivity index (χ3v) is 5.46. The molecule has 0 saturated carbocycles. The van der Waals surface area contributed by atoms with Gasteiger partial charge in [0.2, 0.25) is 11.7 Å². The van der Waals surface area contributed by atoms with E-state index < -0.39 is 0 Å². The van der Waals surface area contributed by atoms with Crippen LogP contribution < -0.4 is 0 Å². The number of benzene rings is 2.